The number of aryl methyl sites for hydroxylation is 1. The van der Waals surface area contributed by atoms with Crippen molar-refractivity contribution in [3.63, 3.8) is 0 Å². The van der Waals surface area contributed by atoms with Crippen LogP contribution < -0.4 is 5.32 Å². The lowest BCUT2D eigenvalue weighted by Gasteiger charge is -2.19. The van der Waals surface area contributed by atoms with Crippen molar-refractivity contribution in [1.82, 2.24) is 15.1 Å². The summed E-state index contributed by atoms with van der Waals surface area (Å²) < 4.78 is 10.9. The number of hydrogen-bond donors (Lipinski definition) is 1. The van der Waals surface area contributed by atoms with E-state index in [1.807, 2.05) is 36.1 Å². The van der Waals surface area contributed by atoms with Gasteiger partial charge >= 0.3 is 0 Å². The number of hydrogen-bond acceptors (Lipinski definition) is 6. The first kappa shape index (κ1) is 17.9. The van der Waals surface area contributed by atoms with E-state index in [9.17, 15) is 4.79 Å². The number of benzene rings is 1. The normalized spacial score (nSPS) is 11.0. The van der Waals surface area contributed by atoms with Crippen LogP contribution in [0.1, 0.15) is 24.8 Å². The van der Waals surface area contributed by atoms with Crippen LogP contribution in [0.3, 0.4) is 0 Å². The summed E-state index contributed by atoms with van der Waals surface area (Å²) in [5.74, 6) is 1.25. The van der Waals surface area contributed by atoms with E-state index in [2.05, 4.69) is 22.4 Å². The van der Waals surface area contributed by atoms with Crippen LogP contribution in [0.15, 0.2) is 51.5 Å². The van der Waals surface area contributed by atoms with Gasteiger partial charge in [-0.2, -0.15) is 0 Å². The highest BCUT2D eigenvalue weighted by atomic mass is 16.4. The molecule has 1 N–H and O–H groups in total. The van der Waals surface area contributed by atoms with E-state index < -0.39 is 0 Å². The molecule has 26 heavy (non-hydrogen) atoms. The molecule has 7 nitrogen and oxygen atoms in total. The SMILES string of the molecule is CCCN(CC(=O)Nc1ccccc1C)Cc1nnc(-c2ccco2)o1. The predicted octanol–water partition coefficient (Wildman–Crippen LogP) is 3.49. The Morgan fingerprint density at radius 2 is 2.04 bits per heavy atom. The lowest BCUT2D eigenvalue weighted by molar-refractivity contribution is -0.117. The van der Waals surface area contributed by atoms with Crippen LogP contribution in [-0.2, 0) is 11.3 Å². The predicted molar refractivity (Wildman–Crippen MR) is 97.4 cm³/mol. The fourth-order valence-electron chi connectivity index (χ4n) is 2.64. The van der Waals surface area contributed by atoms with E-state index in [4.69, 9.17) is 8.83 Å². The Bertz CT molecular complexity index is 842. The zero-order chi connectivity index (χ0) is 18.4. The third-order valence-corrected chi connectivity index (χ3v) is 3.88. The molecule has 7 heteroatoms. The number of para-hydroxylation sites is 1. The van der Waals surface area contributed by atoms with Crippen LogP contribution in [0.5, 0.6) is 0 Å². The molecule has 0 bridgehead atoms. The van der Waals surface area contributed by atoms with E-state index in [0.717, 1.165) is 24.2 Å². The third-order valence-electron chi connectivity index (χ3n) is 3.88. The molecule has 1 amide bonds. The smallest absolute Gasteiger partial charge is 0.283 e. The highest BCUT2D eigenvalue weighted by Crippen LogP contribution is 2.18. The Morgan fingerprint density at radius 3 is 2.77 bits per heavy atom. The maximum atomic E-state index is 12.4. The van der Waals surface area contributed by atoms with Crippen molar-refractivity contribution in [2.45, 2.75) is 26.8 Å². The molecule has 0 unspecified atom stereocenters. The molecule has 0 spiro atoms. The molecule has 2 heterocycles. The van der Waals surface area contributed by atoms with Gasteiger partial charge in [0.2, 0.25) is 11.8 Å². The van der Waals surface area contributed by atoms with E-state index in [0.29, 0.717) is 24.1 Å². The van der Waals surface area contributed by atoms with Crippen molar-refractivity contribution >= 4 is 11.6 Å². The molecule has 0 aliphatic heterocycles. The Hall–Kier alpha value is -2.93. The number of rotatable bonds is 8. The van der Waals surface area contributed by atoms with E-state index in [-0.39, 0.29) is 12.5 Å². The van der Waals surface area contributed by atoms with Gasteiger partial charge in [0, 0.05) is 5.69 Å². The monoisotopic (exact) mass is 354 g/mol. The van der Waals surface area contributed by atoms with Crippen LogP contribution in [0.25, 0.3) is 11.7 Å². The Labute approximate surface area is 152 Å². The molecule has 0 radical (unpaired) electrons. The number of anilines is 1. The first-order valence-corrected chi connectivity index (χ1v) is 8.60. The largest absolute Gasteiger partial charge is 0.459 e. The maximum Gasteiger partial charge on any atom is 0.283 e. The second kappa shape index (κ2) is 8.44. The van der Waals surface area contributed by atoms with E-state index in [1.165, 1.54) is 0 Å². The minimum Gasteiger partial charge on any atom is -0.459 e. The molecule has 3 rings (SSSR count). The molecule has 2 aromatic heterocycles. The summed E-state index contributed by atoms with van der Waals surface area (Å²) in [4.78, 5) is 14.4. The van der Waals surface area contributed by atoms with Crippen LogP contribution >= 0.6 is 0 Å². The third kappa shape index (κ3) is 4.58. The van der Waals surface area contributed by atoms with Gasteiger partial charge in [-0.25, -0.2) is 0 Å². The molecule has 3 aromatic rings. The van der Waals surface area contributed by atoms with Gasteiger partial charge in [0.05, 0.1) is 19.4 Å². The van der Waals surface area contributed by atoms with Crippen LogP contribution in [0.4, 0.5) is 5.69 Å². The maximum absolute atomic E-state index is 12.4. The summed E-state index contributed by atoms with van der Waals surface area (Å²) in [5.41, 5.74) is 1.86. The second-order valence-corrected chi connectivity index (χ2v) is 6.05. The van der Waals surface area contributed by atoms with Crippen LogP contribution in [0.2, 0.25) is 0 Å². The molecule has 0 saturated carbocycles. The molecule has 0 atom stereocenters. The first-order valence-electron chi connectivity index (χ1n) is 8.60. The van der Waals surface area contributed by atoms with Crippen molar-refractivity contribution < 1.29 is 13.6 Å². The van der Waals surface area contributed by atoms with Crippen molar-refractivity contribution in [1.29, 1.82) is 0 Å². The number of nitrogens with zero attached hydrogens (tertiary/aromatic N) is 3. The average Bonchev–Trinajstić information content (AvgIpc) is 3.28. The van der Waals surface area contributed by atoms with Gasteiger partial charge in [0.25, 0.3) is 5.89 Å². The van der Waals surface area contributed by atoms with Crippen LogP contribution in [-0.4, -0.2) is 34.1 Å². The summed E-state index contributed by atoms with van der Waals surface area (Å²) in [6, 6.07) is 11.2. The summed E-state index contributed by atoms with van der Waals surface area (Å²) in [7, 11) is 0. The Balaban J connectivity index is 1.62. The van der Waals surface area contributed by atoms with Gasteiger partial charge in [-0.15, -0.1) is 10.2 Å². The highest BCUT2D eigenvalue weighted by molar-refractivity contribution is 5.92. The first-order chi connectivity index (χ1) is 12.7. The molecular formula is C19H22N4O3. The minimum atomic E-state index is -0.0708. The number of carbonyl (C=O) groups excluding carboxylic acids is 1. The lowest BCUT2D eigenvalue weighted by atomic mass is 10.2. The van der Waals surface area contributed by atoms with Crippen molar-refractivity contribution in [2.75, 3.05) is 18.4 Å². The van der Waals surface area contributed by atoms with Gasteiger partial charge < -0.3 is 14.2 Å². The zero-order valence-electron chi connectivity index (χ0n) is 14.9. The second-order valence-electron chi connectivity index (χ2n) is 6.05. The van der Waals surface area contributed by atoms with Crippen molar-refractivity contribution in [3.05, 3.63) is 54.1 Å². The minimum absolute atomic E-state index is 0.0708. The summed E-state index contributed by atoms with van der Waals surface area (Å²) in [6.07, 6.45) is 2.47. The quantitative estimate of drug-likeness (QED) is 0.666. The fraction of sp³-hybridized carbons (Fsp3) is 0.316. The Morgan fingerprint density at radius 1 is 1.19 bits per heavy atom. The van der Waals surface area contributed by atoms with Gasteiger partial charge in [0.1, 0.15) is 0 Å². The number of furan rings is 1. The average molecular weight is 354 g/mol. The molecule has 136 valence electrons. The molecule has 1 aromatic carbocycles. The number of nitrogens with one attached hydrogen (secondary N) is 1. The summed E-state index contributed by atoms with van der Waals surface area (Å²) >= 11 is 0. The van der Waals surface area contributed by atoms with Crippen LogP contribution in [0, 0.1) is 6.92 Å². The molecule has 0 fully saturated rings. The standard InChI is InChI=1S/C19H22N4O3/c1-3-10-23(12-17(24)20-15-8-5-4-7-14(15)2)13-18-21-22-19(26-18)16-9-6-11-25-16/h4-9,11H,3,10,12-13H2,1-2H3,(H,20,24). The highest BCUT2D eigenvalue weighted by Gasteiger charge is 2.16. The zero-order valence-corrected chi connectivity index (χ0v) is 14.9. The van der Waals surface area contributed by atoms with Gasteiger partial charge in [-0.3, -0.25) is 9.69 Å². The van der Waals surface area contributed by atoms with Crippen molar-refractivity contribution in [2.24, 2.45) is 0 Å². The van der Waals surface area contributed by atoms with Crippen molar-refractivity contribution in [3.8, 4) is 11.7 Å². The summed E-state index contributed by atoms with van der Waals surface area (Å²) in [6.45, 7) is 5.44. The number of aromatic nitrogens is 2. The molecular weight excluding hydrogens is 332 g/mol. The summed E-state index contributed by atoms with van der Waals surface area (Å²) in [5, 5.41) is 11.0. The Kier molecular flexibility index (Phi) is 5.80. The molecule has 0 saturated heterocycles. The van der Waals surface area contributed by atoms with E-state index >= 15 is 0 Å². The lowest BCUT2D eigenvalue weighted by Crippen LogP contribution is -2.33. The van der Waals surface area contributed by atoms with Gasteiger partial charge in [-0.05, 0) is 43.7 Å². The van der Waals surface area contributed by atoms with Gasteiger partial charge in [0.15, 0.2) is 5.76 Å². The number of amides is 1. The molecule has 0 aliphatic rings. The van der Waals surface area contributed by atoms with E-state index in [1.54, 1.807) is 18.4 Å². The topological polar surface area (TPSA) is 84.4 Å². The van der Waals surface area contributed by atoms with Gasteiger partial charge in [-0.1, -0.05) is 25.1 Å². The fourth-order valence-corrected chi connectivity index (χ4v) is 2.64. The molecule has 0 aliphatic carbocycles. The number of carbonyl (C=O) groups is 1.